The Morgan fingerprint density at radius 3 is 1.61 bits per heavy atom. The quantitative estimate of drug-likeness (QED) is 0.175. The lowest BCUT2D eigenvalue weighted by molar-refractivity contribution is -0.0400. The fourth-order valence-electron chi connectivity index (χ4n) is 13.1. The molecule has 0 atom stereocenters. The van der Waals surface area contributed by atoms with E-state index in [0.29, 0.717) is 29.3 Å². The van der Waals surface area contributed by atoms with E-state index in [1.165, 1.54) is 87.7 Å². The summed E-state index contributed by atoms with van der Waals surface area (Å²) in [5.41, 5.74) is 15.7. The second-order valence-corrected chi connectivity index (χ2v) is 17.8. The van der Waals surface area contributed by atoms with Gasteiger partial charge in [0.15, 0.2) is 17.5 Å². The van der Waals surface area contributed by atoms with Crippen molar-refractivity contribution in [1.29, 1.82) is 0 Å². The summed E-state index contributed by atoms with van der Waals surface area (Å²) < 4.78 is 0. The maximum Gasteiger partial charge on any atom is 0.164 e. The lowest BCUT2D eigenvalue weighted by Gasteiger charge is -2.61. The Bertz CT molecular complexity index is 2890. The highest BCUT2D eigenvalue weighted by Crippen LogP contribution is 2.69. The molecule has 0 N–H and O–H groups in total. The zero-order valence-electron chi connectivity index (χ0n) is 32.8. The smallest absolute Gasteiger partial charge is 0.164 e. The molecule has 4 heteroatoms. The van der Waals surface area contributed by atoms with Crippen LogP contribution in [0.2, 0.25) is 0 Å². The third-order valence-electron chi connectivity index (χ3n) is 15.1. The number of benzene rings is 6. The maximum atomic E-state index is 5.39. The third kappa shape index (κ3) is 4.60. The average molecular weight is 759 g/mol. The summed E-state index contributed by atoms with van der Waals surface area (Å²) in [6.07, 6.45) is 11.0. The summed E-state index contributed by atoms with van der Waals surface area (Å²) in [5.74, 6) is 5.20. The van der Waals surface area contributed by atoms with Gasteiger partial charge in [-0.05, 0) is 130 Å². The van der Waals surface area contributed by atoms with Gasteiger partial charge < -0.3 is 0 Å². The molecule has 4 bridgehead atoms. The molecule has 2 aromatic heterocycles. The van der Waals surface area contributed by atoms with E-state index in [-0.39, 0.29) is 5.41 Å². The van der Waals surface area contributed by atoms with Crippen LogP contribution in [0.4, 0.5) is 0 Å². The first-order valence-corrected chi connectivity index (χ1v) is 21.5. The van der Waals surface area contributed by atoms with Gasteiger partial charge in [0.05, 0.1) is 5.41 Å². The minimum Gasteiger partial charge on any atom is -0.264 e. The van der Waals surface area contributed by atoms with Crippen molar-refractivity contribution in [3.8, 4) is 56.4 Å². The van der Waals surface area contributed by atoms with E-state index < -0.39 is 5.41 Å². The van der Waals surface area contributed by atoms with Gasteiger partial charge in [0.1, 0.15) is 0 Å². The molecule has 6 aliphatic carbocycles. The maximum absolute atomic E-state index is 5.39. The molecule has 4 nitrogen and oxygen atoms in total. The van der Waals surface area contributed by atoms with Crippen LogP contribution in [0.3, 0.4) is 0 Å². The zero-order valence-corrected chi connectivity index (χ0v) is 32.8. The molecule has 8 aromatic rings. The van der Waals surface area contributed by atoms with Crippen LogP contribution in [-0.4, -0.2) is 19.9 Å². The second-order valence-electron chi connectivity index (χ2n) is 17.8. The van der Waals surface area contributed by atoms with Crippen LogP contribution >= 0.6 is 0 Å². The first kappa shape index (κ1) is 33.5. The van der Waals surface area contributed by atoms with Gasteiger partial charge in [0.2, 0.25) is 0 Å². The molecule has 4 fully saturated rings. The van der Waals surface area contributed by atoms with E-state index in [4.69, 9.17) is 19.9 Å². The van der Waals surface area contributed by atoms with Gasteiger partial charge >= 0.3 is 0 Å². The summed E-state index contributed by atoms with van der Waals surface area (Å²) in [5, 5.41) is 0. The molecular formula is C55H42N4. The largest absolute Gasteiger partial charge is 0.264 e. The predicted octanol–water partition coefficient (Wildman–Crippen LogP) is 12.4. The highest BCUT2D eigenvalue weighted by molar-refractivity contribution is 5.89. The minimum atomic E-state index is -0.515. The Labute approximate surface area is 345 Å². The molecular weight excluding hydrogens is 717 g/mol. The molecule has 0 radical (unpaired) electrons. The van der Waals surface area contributed by atoms with E-state index in [1.807, 2.05) is 12.3 Å². The summed E-state index contributed by atoms with van der Waals surface area (Å²) in [6.45, 7) is 0. The number of hydrogen-bond acceptors (Lipinski definition) is 4. The van der Waals surface area contributed by atoms with Gasteiger partial charge in [-0.25, -0.2) is 15.0 Å². The Morgan fingerprint density at radius 1 is 0.390 bits per heavy atom. The van der Waals surface area contributed by atoms with Crippen LogP contribution in [0.1, 0.15) is 65.5 Å². The third-order valence-corrected chi connectivity index (χ3v) is 15.1. The van der Waals surface area contributed by atoms with E-state index >= 15 is 0 Å². The Hall–Kier alpha value is -6.52. The number of pyridine rings is 1. The molecule has 0 unspecified atom stereocenters. The van der Waals surface area contributed by atoms with Gasteiger partial charge in [-0.2, -0.15) is 0 Å². The van der Waals surface area contributed by atoms with E-state index in [1.54, 1.807) is 0 Å². The molecule has 59 heavy (non-hydrogen) atoms. The SMILES string of the molecule is c1ccc(-c2nc(-c3ccc4c(c3)-c3ccncc3C43C4CC5CC(C4)CC3C5)nc(-c3ccc4c(c3)C(c3ccccc3)(c3ccccc3)c3ccccc3-4)n2)cc1. The molecule has 6 aromatic carbocycles. The van der Waals surface area contributed by atoms with Crippen molar-refractivity contribution in [2.45, 2.75) is 42.9 Å². The van der Waals surface area contributed by atoms with Crippen molar-refractivity contribution in [2.75, 3.05) is 0 Å². The number of rotatable bonds is 5. The van der Waals surface area contributed by atoms with Crippen LogP contribution in [0.25, 0.3) is 56.4 Å². The van der Waals surface area contributed by atoms with Crippen molar-refractivity contribution in [1.82, 2.24) is 19.9 Å². The molecule has 1 spiro atoms. The van der Waals surface area contributed by atoms with Crippen LogP contribution in [0.5, 0.6) is 0 Å². The van der Waals surface area contributed by atoms with Gasteiger partial charge in [-0.1, -0.05) is 140 Å². The van der Waals surface area contributed by atoms with Gasteiger partial charge in [-0.15, -0.1) is 0 Å². The molecule has 0 amide bonds. The lowest BCUT2D eigenvalue weighted by atomic mass is 9.43. The Morgan fingerprint density at radius 2 is 0.932 bits per heavy atom. The van der Waals surface area contributed by atoms with Crippen molar-refractivity contribution in [3.63, 3.8) is 0 Å². The molecule has 4 saturated carbocycles. The molecule has 6 aliphatic rings. The molecule has 0 saturated heterocycles. The van der Waals surface area contributed by atoms with E-state index in [9.17, 15) is 0 Å². The lowest BCUT2D eigenvalue weighted by Crippen LogP contribution is -2.55. The van der Waals surface area contributed by atoms with Crippen molar-refractivity contribution >= 4 is 0 Å². The van der Waals surface area contributed by atoms with Crippen molar-refractivity contribution in [2.24, 2.45) is 23.7 Å². The van der Waals surface area contributed by atoms with Gasteiger partial charge in [-0.3, -0.25) is 4.98 Å². The molecule has 14 rings (SSSR count). The fourth-order valence-corrected chi connectivity index (χ4v) is 13.1. The number of fused-ring (bicyclic) bond motifs is 6. The number of aromatic nitrogens is 4. The first-order chi connectivity index (χ1) is 29.2. The molecule has 2 heterocycles. The number of nitrogens with zero attached hydrogens (tertiary/aromatic N) is 4. The topological polar surface area (TPSA) is 51.6 Å². The molecule has 0 aliphatic heterocycles. The van der Waals surface area contributed by atoms with Crippen LogP contribution in [0.15, 0.2) is 170 Å². The summed E-state index contributed by atoms with van der Waals surface area (Å²) in [7, 11) is 0. The van der Waals surface area contributed by atoms with Crippen LogP contribution in [0, 0.1) is 23.7 Å². The average Bonchev–Trinajstić information content (AvgIpc) is 3.76. The van der Waals surface area contributed by atoms with E-state index in [2.05, 4.69) is 158 Å². The summed E-state index contributed by atoms with van der Waals surface area (Å²) >= 11 is 0. The monoisotopic (exact) mass is 758 g/mol. The number of hydrogen-bond donors (Lipinski definition) is 0. The van der Waals surface area contributed by atoms with Crippen LogP contribution in [-0.2, 0) is 10.8 Å². The van der Waals surface area contributed by atoms with Crippen molar-refractivity contribution < 1.29 is 0 Å². The first-order valence-electron chi connectivity index (χ1n) is 21.5. The van der Waals surface area contributed by atoms with Crippen LogP contribution < -0.4 is 0 Å². The van der Waals surface area contributed by atoms with Gasteiger partial charge in [0.25, 0.3) is 0 Å². The standard InChI is InChI=1S/C55H42N4/c1-4-12-36(13-5-1)51-57-52(37-21-23-48-46(31-37)45-24-25-56-33-50(45)55(48)41-27-34-26-35(29-41)30-42(55)28-34)59-53(58-51)38-20-22-44-43-18-10-11-19-47(43)54(49(44)32-38,39-14-6-2-7-15-39)40-16-8-3-9-17-40/h1-25,31-35,41-42H,26-30H2. The fraction of sp³-hybridized carbons (Fsp3) is 0.200. The summed E-state index contributed by atoms with van der Waals surface area (Å²) in [4.78, 5) is 20.7. The normalized spacial score (nSPS) is 23.5. The summed E-state index contributed by atoms with van der Waals surface area (Å²) in [6, 6.07) is 57.4. The minimum absolute atomic E-state index is 0.0658. The predicted molar refractivity (Wildman–Crippen MR) is 234 cm³/mol. The molecule has 282 valence electrons. The highest BCUT2D eigenvalue weighted by Gasteiger charge is 2.61. The van der Waals surface area contributed by atoms with Gasteiger partial charge in [0, 0.05) is 34.5 Å². The Balaban J connectivity index is 1.01. The highest BCUT2D eigenvalue weighted by atomic mass is 15.0. The second kappa shape index (κ2) is 12.5. The van der Waals surface area contributed by atoms with E-state index in [0.717, 1.165) is 28.5 Å². The van der Waals surface area contributed by atoms with Crippen molar-refractivity contribution in [3.05, 3.63) is 203 Å². The Kier molecular flexibility index (Phi) is 7.08. The zero-order chi connectivity index (χ0) is 38.7.